The highest BCUT2D eigenvalue weighted by Gasteiger charge is 2.29. The highest BCUT2D eigenvalue weighted by Crippen LogP contribution is 2.32. The van der Waals surface area contributed by atoms with Gasteiger partial charge in [-0.15, -0.1) is 0 Å². The third-order valence-electron chi connectivity index (χ3n) is 4.87. The third-order valence-corrected chi connectivity index (χ3v) is 4.87. The molecule has 0 radical (unpaired) electrons. The molecule has 0 aromatic rings. The Labute approximate surface area is 101 Å². The molecule has 0 spiro atoms. The molecule has 2 N–H and O–H groups in total. The average molecular weight is 224 g/mol. The van der Waals surface area contributed by atoms with Gasteiger partial charge >= 0.3 is 0 Å². The topological polar surface area (TPSA) is 29.3 Å². The molecule has 2 aliphatic rings. The van der Waals surface area contributed by atoms with E-state index in [1.807, 2.05) is 0 Å². The molecule has 1 aliphatic heterocycles. The second-order valence-electron chi connectivity index (χ2n) is 6.00. The molecule has 0 aromatic heterocycles. The monoisotopic (exact) mass is 224 g/mol. The molecule has 1 aliphatic carbocycles. The lowest BCUT2D eigenvalue weighted by molar-refractivity contribution is 0.0905. The summed E-state index contributed by atoms with van der Waals surface area (Å²) in [6.45, 7) is 7.17. The van der Waals surface area contributed by atoms with Gasteiger partial charge in [0.25, 0.3) is 0 Å². The van der Waals surface area contributed by atoms with E-state index in [9.17, 15) is 0 Å². The van der Waals surface area contributed by atoms with Gasteiger partial charge in [0.1, 0.15) is 0 Å². The number of likely N-dealkylation sites (tertiary alicyclic amines) is 1. The Morgan fingerprint density at radius 2 is 2.06 bits per heavy atom. The van der Waals surface area contributed by atoms with E-state index in [0.717, 1.165) is 17.9 Å². The number of hydrogen-bond donors (Lipinski definition) is 1. The van der Waals surface area contributed by atoms with E-state index in [-0.39, 0.29) is 0 Å². The fourth-order valence-corrected chi connectivity index (χ4v) is 3.27. The van der Waals surface area contributed by atoms with Crippen LogP contribution in [-0.2, 0) is 0 Å². The zero-order chi connectivity index (χ0) is 11.5. The van der Waals surface area contributed by atoms with Crippen LogP contribution < -0.4 is 5.73 Å². The van der Waals surface area contributed by atoms with Gasteiger partial charge in [0.2, 0.25) is 0 Å². The van der Waals surface area contributed by atoms with E-state index in [2.05, 4.69) is 18.7 Å². The van der Waals surface area contributed by atoms with Crippen molar-refractivity contribution in [3.05, 3.63) is 0 Å². The molecule has 0 amide bonds. The van der Waals surface area contributed by atoms with Gasteiger partial charge < -0.3 is 10.6 Å². The maximum absolute atomic E-state index is 6.16. The third kappa shape index (κ3) is 2.78. The Kier molecular flexibility index (Phi) is 4.26. The van der Waals surface area contributed by atoms with Crippen LogP contribution in [0.2, 0.25) is 0 Å². The molecule has 3 unspecified atom stereocenters. The zero-order valence-corrected chi connectivity index (χ0v) is 11.0. The summed E-state index contributed by atoms with van der Waals surface area (Å²) in [5.74, 6) is 1.77. The lowest BCUT2D eigenvalue weighted by Gasteiger charge is -2.41. The largest absolute Gasteiger partial charge is 0.327 e. The molecule has 0 aromatic carbocycles. The molecule has 1 saturated heterocycles. The first-order valence-electron chi connectivity index (χ1n) is 7.20. The standard InChI is InChI=1S/C14H28N2/c1-3-13-10-16(8-7-14(13)15)11(2)9-12-5-4-6-12/h11-14H,3-10,15H2,1-2H3. The predicted octanol–water partition coefficient (Wildman–Crippen LogP) is 2.62. The van der Waals surface area contributed by atoms with Gasteiger partial charge in [-0.2, -0.15) is 0 Å². The number of hydrogen-bond acceptors (Lipinski definition) is 2. The van der Waals surface area contributed by atoms with Crippen LogP contribution in [0.5, 0.6) is 0 Å². The molecule has 2 fully saturated rings. The molecule has 2 heteroatoms. The van der Waals surface area contributed by atoms with Crippen molar-refractivity contribution in [3.8, 4) is 0 Å². The number of nitrogens with zero attached hydrogens (tertiary/aromatic N) is 1. The molecule has 1 heterocycles. The molecule has 0 bridgehead atoms. The van der Waals surface area contributed by atoms with E-state index >= 15 is 0 Å². The summed E-state index contributed by atoms with van der Waals surface area (Å²) in [6.07, 6.45) is 8.30. The lowest BCUT2D eigenvalue weighted by Crippen LogP contribution is -2.50. The second-order valence-corrected chi connectivity index (χ2v) is 6.00. The molecular weight excluding hydrogens is 196 g/mol. The van der Waals surface area contributed by atoms with Gasteiger partial charge in [0.15, 0.2) is 0 Å². The lowest BCUT2D eigenvalue weighted by atomic mass is 9.80. The van der Waals surface area contributed by atoms with E-state index in [1.54, 1.807) is 0 Å². The van der Waals surface area contributed by atoms with Crippen molar-refractivity contribution in [2.75, 3.05) is 13.1 Å². The van der Waals surface area contributed by atoms with Gasteiger partial charge in [-0.3, -0.25) is 0 Å². The predicted molar refractivity (Wildman–Crippen MR) is 69.4 cm³/mol. The van der Waals surface area contributed by atoms with Crippen LogP contribution in [0.15, 0.2) is 0 Å². The molecule has 94 valence electrons. The summed E-state index contributed by atoms with van der Waals surface area (Å²) >= 11 is 0. The molecule has 3 atom stereocenters. The maximum Gasteiger partial charge on any atom is 0.00914 e. The van der Waals surface area contributed by atoms with Crippen molar-refractivity contribution in [2.24, 2.45) is 17.6 Å². The Morgan fingerprint density at radius 1 is 1.31 bits per heavy atom. The van der Waals surface area contributed by atoms with E-state index in [0.29, 0.717) is 6.04 Å². The molecule has 2 rings (SSSR count). The Balaban J connectivity index is 1.79. The molecular formula is C14H28N2. The summed E-state index contributed by atoms with van der Waals surface area (Å²) in [4.78, 5) is 2.69. The van der Waals surface area contributed by atoms with E-state index in [1.165, 1.54) is 51.6 Å². The zero-order valence-electron chi connectivity index (χ0n) is 11.0. The van der Waals surface area contributed by atoms with Crippen molar-refractivity contribution < 1.29 is 0 Å². The summed E-state index contributed by atoms with van der Waals surface area (Å²) in [6, 6.07) is 1.24. The normalized spacial score (nSPS) is 34.7. The first kappa shape index (κ1) is 12.4. The average Bonchev–Trinajstić information content (AvgIpc) is 2.24. The molecule has 2 nitrogen and oxygen atoms in total. The smallest absolute Gasteiger partial charge is 0.00914 e. The van der Waals surface area contributed by atoms with Crippen LogP contribution >= 0.6 is 0 Å². The molecule has 1 saturated carbocycles. The Hall–Kier alpha value is -0.0800. The minimum absolute atomic E-state index is 0.456. The van der Waals surface area contributed by atoms with Crippen LogP contribution in [-0.4, -0.2) is 30.1 Å². The Bertz CT molecular complexity index is 213. The minimum atomic E-state index is 0.456. The van der Waals surface area contributed by atoms with Crippen molar-refractivity contribution in [1.82, 2.24) is 4.90 Å². The SMILES string of the molecule is CCC1CN(C(C)CC2CCC2)CCC1N. The van der Waals surface area contributed by atoms with Crippen molar-refractivity contribution in [1.29, 1.82) is 0 Å². The molecule has 16 heavy (non-hydrogen) atoms. The van der Waals surface area contributed by atoms with Crippen LogP contribution in [0.25, 0.3) is 0 Å². The summed E-state index contributed by atoms with van der Waals surface area (Å²) in [7, 11) is 0. The maximum atomic E-state index is 6.16. The van der Waals surface area contributed by atoms with E-state index in [4.69, 9.17) is 5.73 Å². The number of rotatable bonds is 4. The first-order chi connectivity index (χ1) is 7.70. The first-order valence-corrected chi connectivity index (χ1v) is 7.20. The summed E-state index contributed by atoms with van der Waals surface area (Å²) in [5, 5.41) is 0. The van der Waals surface area contributed by atoms with Crippen molar-refractivity contribution >= 4 is 0 Å². The van der Waals surface area contributed by atoms with Crippen LogP contribution in [0.4, 0.5) is 0 Å². The summed E-state index contributed by atoms with van der Waals surface area (Å²) < 4.78 is 0. The van der Waals surface area contributed by atoms with E-state index < -0.39 is 0 Å². The highest BCUT2D eigenvalue weighted by molar-refractivity contribution is 4.85. The minimum Gasteiger partial charge on any atom is -0.327 e. The number of nitrogens with two attached hydrogens (primary N) is 1. The Morgan fingerprint density at radius 3 is 2.62 bits per heavy atom. The van der Waals surface area contributed by atoms with Gasteiger partial charge in [0, 0.05) is 18.6 Å². The quantitative estimate of drug-likeness (QED) is 0.795. The van der Waals surface area contributed by atoms with Crippen LogP contribution in [0.1, 0.15) is 52.4 Å². The van der Waals surface area contributed by atoms with Gasteiger partial charge in [-0.25, -0.2) is 0 Å². The van der Waals surface area contributed by atoms with Crippen molar-refractivity contribution in [2.45, 2.75) is 64.5 Å². The van der Waals surface area contributed by atoms with Gasteiger partial charge in [-0.05, 0) is 38.1 Å². The highest BCUT2D eigenvalue weighted by atomic mass is 15.2. The fourth-order valence-electron chi connectivity index (χ4n) is 3.27. The van der Waals surface area contributed by atoms with Crippen molar-refractivity contribution in [3.63, 3.8) is 0 Å². The van der Waals surface area contributed by atoms with Gasteiger partial charge in [-0.1, -0.05) is 32.6 Å². The van der Waals surface area contributed by atoms with Crippen LogP contribution in [0.3, 0.4) is 0 Å². The fraction of sp³-hybridized carbons (Fsp3) is 1.00. The number of piperidine rings is 1. The summed E-state index contributed by atoms with van der Waals surface area (Å²) in [5.41, 5.74) is 6.16. The second kappa shape index (κ2) is 5.50. The van der Waals surface area contributed by atoms with Gasteiger partial charge in [0.05, 0.1) is 0 Å². The van der Waals surface area contributed by atoms with Crippen LogP contribution in [0, 0.1) is 11.8 Å².